The molecule has 0 bridgehead atoms. The fraction of sp³-hybridized carbons (Fsp3) is 0.286. The summed E-state index contributed by atoms with van der Waals surface area (Å²) in [5.41, 5.74) is 2.87. The summed E-state index contributed by atoms with van der Waals surface area (Å²) in [6.45, 7) is 3.42. The van der Waals surface area contributed by atoms with Crippen molar-refractivity contribution in [3.63, 3.8) is 0 Å². The lowest BCUT2D eigenvalue weighted by Crippen LogP contribution is -2.36. The molecule has 0 aromatic heterocycles. The van der Waals surface area contributed by atoms with Crippen LogP contribution in [-0.4, -0.2) is 43.9 Å². The Morgan fingerprint density at radius 3 is 2.50 bits per heavy atom. The van der Waals surface area contributed by atoms with Gasteiger partial charge in [0, 0.05) is 31.4 Å². The minimum Gasteiger partial charge on any atom is -0.387 e. The molecule has 5 heteroatoms. The standard InChI is InChI=1S/C21H24N2O3/c24-20(16-22-21(25)11-6-17-4-2-1-3-5-17)18-7-9-19(10-8-18)23-12-14-26-15-13-23/h1-11,20,24H,12-16H2,(H,22,25)/b11-6+. The summed E-state index contributed by atoms with van der Waals surface area (Å²) in [6.07, 6.45) is 2.49. The summed E-state index contributed by atoms with van der Waals surface area (Å²) in [6, 6.07) is 17.4. The van der Waals surface area contributed by atoms with Gasteiger partial charge in [-0.2, -0.15) is 0 Å². The molecule has 1 unspecified atom stereocenters. The Balaban J connectivity index is 1.49. The zero-order chi connectivity index (χ0) is 18.2. The first-order chi connectivity index (χ1) is 12.7. The Morgan fingerprint density at radius 1 is 1.12 bits per heavy atom. The highest BCUT2D eigenvalue weighted by molar-refractivity contribution is 5.91. The second kappa shape index (κ2) is 9.17. The summed E-state index contributed by atoms with van der Waals surface area (Å²) in [4.78, 5) is 14.1. The molecule has 0 radical (unpaired) electrons. The summed E-state index contributed by atoms with van der Waals surface area (Å²) < 4.78 is 5.36. The lowest BCUT2D eigenvalue weighted by Gasteiger charge is -2.29. The molecular weight excluding hydrogens is 328 g/mol. The molecule has 1 saturated heterocycles. The number of morpholine rings is 1. The van der Waals surface area contributed by atoms with E-state index in [4.69, 9.17) is 4.74 Å². The molecule has 26 heavy (non-hydrogen) atoms. The van der Waals surface area contributed by atoms with Crippen LogP contribution < -0.4 is 10.2 Å². The molecule has 2 N–H and O–H groups in total. The van der Waals surface area contributed by atoms with Crippen LogP contribution in [0.25, 0.3) is 6.08 Å². The van der Waals surface area contributed by atoms with Crippen molar-refractivity contribution >= 4 is 17.7 Å². The van der Waals surface area contributed by atoms with Crippen molar-refractivity contribution in [1.29, 1.82) is 0 Å². The number of benzene rings is 2. The molecule has 0 saturated carbocycles. The molecule has 5 nitrogen and oxygen atoms in total. The second-order valence-corrected chi connectivity index (χ2v) is 6.20. The molecule has 0 spiro atoms. The van der Waals surface area contributed by atoms with Crippen LogP contribution >= 0.6 is 0 Å². The number of anilines is 1. The van der Waals surface area contributed by atoms with Gasteiger partial charge in [-0.1, -0.05) is 42.5 Å². The van der Waals surface area contributed by atoms with Gasteiger partial charge in [-0.3, -0.25) is 4.79 Å². The minimum absolute atomic E-state index is 0.175. The van der Waals surface area contributed by atoms with Crippen LogP contribution in [-0.2, 0) is 9.53 Å². The first-order valence-corrected chi connectivity index (χ1v) is 8.84. The lowest BCUT2D eigenvalue weighted by molar-refractivity contribution is -0.116. The van der Waals surface area contributed by atoms with Crippen LogP contribution in [0.5, 0.6) is 0 Å². The number of carbonyl (C=O) groups is 1. The minimum atomic E-state index is -0.734. The number of hydrogen-bond donors (Lipinski definition) is 2. The SMILES string of the molecule is O=C(/C=C/c1ccccc1)NCC(O)c1ccc(N2CCOCC2)cc1. The van der Waals surface area contributed by atoms with Gasteiger partial charge >= 0.3 is 0 Å². The van der Waals surface area contributed by atoms with Gasteiger partial charge in [0.15, 0.2) is 0 Å². The van der Waals surface area contributed by atoms with E-state index in [1.165, 1.54) is 6.08 Å². The molecule has 1 atom stereocenters. The summed E-state index contributed by atoms with van der Waals surface area (Å²) >= 11 is 0. The highest BCUT2D eigenvalue weighted by Crippen LogP contribution is 2.20. The number of nitrogens with zero attached hydrogens (tertiary/aromatic N) is 1. The Bertz CT molecular complexity index is 723. The van der Waals surface area contributed by atoms with E-state index in [0.29, 0.717) is 0 Å². The summed E-state index contributed by atoms with van der Waals surface area (Å²) in [7, 11) is 0. The maximum absolute atomic E-state index is 11.9. The predicted octanol–water partition coefficient (Wildman–Crippen LogP) is 2.39. The Kier molecular flexibility index (Phi) is 6.41. The predicted molar refractivity (Wildman–Crippen MR) is 103 cm³/mol. The van der Waals surface area contributed by atoms with Crippen LogP contribution in [0.15, 0.2) is 60.7 Å². The van der Waals surface area contributed by atoms with Crippen molar-refractivity contribution in [2.75, 3.05) is 37.7 Å². The third-order valence-electron chi connectivity index (χ3n) is 4.35. The van der Waals surface area contributed by atoms with Crippen LogP contribution in [0.4, 0.5) is 5.69 Å². The molecule has 0 aliphatic carbocycles. The zero-order valence-electron chi connectivity index (χ0n) is 14.7. The van der Waals surface area contributed by atoms with Crippen molar-refractivity contribution in [3.05, 3.63) is 71.8 Å². The quantitative estimate of drug-likeness (QED) is 0.784. The van der Waals surface area contributed by atoms with Crippen LogP contribution in [0, 0.1) is 0 Å². The van der Waals surface area contributed by atoms with Gasteiger partial charge in [0.2, 0.25) is 5.91 Å². The molecule has 1 aliphatic rings. The number of hydrogen-bond acceptors (Lipinski definition) is 4. The first-order valence-electron chi connectivity index (χ1n) is 8.84. The number of nitrogens with one attached hydrogen (secondary N) is 1. The van der Waals surface area contributed by atoms with Crippen molar-refractivity contribution in [3.8, 4) is 0 Å². The van der Waals surface area contributed by atoms with E-state index >= 15 is 0 Å². The fourth-order valence-corrected chi connectivity index (χ4v) is 2.84. The topological polar surface area (TPSA) is 61.8 Å². The normalized spacial score (nSPS) is 15.8. The van der Waals surface area contributed by atoms with Crippen LogP contribution in [0.3, 0.4) is 0 Å². The number of ether oxygens (including phenoxy) is 1. The van der Waals surface area contributed by atoms with Crippen molar-refractivity contribution in [2.24, 2.45) is 0 Å². The van der Waals surface area contributed by atoms with E-state index < -0.39 is 6.10 Å². The van der Waals surface area contributed by atoms with E-state index in [-0.39, 0.29) is 12.5 Å². The summed E-state index contributed by atoms with van der Waals surface area (Å²) in [5, 5.41) is 13.0. The molecule has 2 aromatic rings. The molecule has 3 rings (SSSR count). The van der Waals surface area contributed by atoms with Gasteiger partial charge in [0.1, 0.15) is 0 Å². The van der Waals surface area contributed by atoms with Crippen molar-refractivity contribution in [1.82, 2.24) is 5.32 Å². The second-order valence-electron chi connectivity index (χ2n) is 6.20. The van der Waals surface area contributed by atoms with E-state index in [0.717, 1.165) is 43.1 Å². The average molecular weight is 352 g/mol. The van der Waals surface area contributed by atoms with Crippen molar-refractivity contribution in [2.45, 2.75) is 6.10 Å². The highest BCUT2D eigenvalue weighted by atomic mass is 16.5. The molecule has 1 amide bonds. The molecule has 2 aromatic carbocycles. The largest absolute Gasteiger partial charge is 0.387 e. The number of aliphatic hydroxyl groups excluding tert-OH is 1. The number of carbonyl (C=O) groups excluding carboxylic acids is 1. The van der Waals surface area contributed by atoms with E-state index in [2.05, 4.69) is 10.2 Å². The Morgan fingerprint density at radius 2 is 1.81 bits per heavy atom. The van der Waals surface area contributed by atoms with E-state index in [9.17, 15) is 9.90 Å². The van der Waals surface area contributed by atoms with Gasteiger partial charge in [-0.25, -0.2) is 0 Å². The first kappa shape index (κ1) is 18.2. The van der Waals surface area contributed by atoms with Gasteiger partial charge in [0.05, 0.1) is 19.3 Å². The molecule has 136 valence electrons. The fourth-order valence-electron chi connectivity index (χ4n) is 2.84. The van der Waals surface area contributed by atoms with E-state index in [1.807, 2.05) is 54.6 Å². The number of amides is 1. The van der Waals surface area contributed by atoms with Gasteiger partial charge in [-0.05, 0) is 29.3 Å². The number of rotatable bonds is 6. The van der Waals surface area contributed by atoms with E-state index in [1.54, 1.807) is 6.08 Å². The third kappa shape index (κ3) is 5.18. The van der Waals surface area contributed by atoms with Gasteiger partial charge < -0.3 is 20.1 Å². The Hall–Kier alpha value is -2.63. The monoisotopic (exact) mass is 352 g/mol. The maximum Gasteiger partial charge on any atom is 0.244 e. The molecule has 1 fully saturated rings. The highest BCUT2D eigenvalue weighted by Gasteiger charge is 2.13. The lowest BCUT2D eigenvalue weighted by atomic mass is 10.1. The zero-order valence-corrected chi connectivity index (χ0v) is 14.7. The Labute approximate surface area is 153 Å². The molecule has 1 heterocycles. The van der Waals surface area contributed by atoms with Crippen LogP contribution in [0.2, 0.25) is 0 Å². The van der Waals surface area contributed by atoms with Gasteiger partial charge in [0.25, 0.3) is 0 Å². The maximum atomic E-state index is 11.9. The van der Waals surface area contributed by atoms with Crippen LogP contribution in [0.1, 0.15) is 17.2 Å². The smallest absolute Gasteiger partial charge is 0.244 e. The van der Waals surface area contributed by atoms with Gasteiger partial charge in [-0.15, -0.1) is 0 Å². The molecule has 1 aliphatic heterocycles. The number of aliphatic hydroxyl groups is 1. The summed E-state index contributed by atoms with van der Waals surface area (Å²) in [5.74, 6) is -0.224. The molecular formula is C21H24N2O3. The van der Waals surface area contributed by atoms with Crippen molar-refractivity contribution < 1.29 is 14.6 Å². The average Bonchev–Trinajstić information content (AvgIpc) is 2.72. The third-order valence-corrected chi connectivity index (χ3v) is 4.35.